The number of anilines is 1. The monoisotopic (exact) mass is 493 g/mol. The second-order valence-corrected chi connectivity index (χ2v) is 8.57. The number of nitrogens with one attached hydrogen (secondary N) is 1. The molecule has 0 aliphatic heterocycles. The molecule has 0 bridgehead atoms. The van der Waals surface area contributed by atoms with Crippen molar-refractivity contribution in [1.29, 1.82) is 0 Å². The maximum atomic E-state index is 13.0. The van der Waals surface area contributed by atoms with Crippen molar-refractivity contribution in [1.82, 2.24) is 0 Å². The van der Waals surface area contributed by atoms with Gasteiger partial charge in [-0.3, -0.25) is 9.36 Å². The molecule has 1 heterocycles. The van der Waals surface area contributed by atoms with E-state index in [4.69, 9.17) is 9.15 Å². The topological polar surface area (TPSA) is 126 Å². The number of rotatable bonds is 6. The number of benzene rings is 2. The summed E-state index contributed by atoms with van der Waals surface area (Å²) in [5, 5.41) is 2.73. The minimum Gasteiger partial charge on any atom is -0.462 e. The summed E-state index contributed by atoms with van der Waals surface area (Å²) in [6.45, 7) is 1.84. The van der Waals surface area contributed by atoms with Gasteiger partial charge in [0, 0.05) is 15.7 Å². The molecule has 3 rings (SSSR count). The van der Waals surface area contributed by atoms with Gasteiger partial charge in [-0.1, -0.05) is 22.0 Å². The number of carbonyl (C=O) groups is 2. The molecule has 0 fully saturated rings. The molecule has 0 aliphatic rings. The molecule has 0 saturated heterocycles. The van der Waals surface area contributed by atoms with Crippen LogP contribution in [0.4, 0.5) is 5.69 Å². The zero-order valence-electron chi connectivity index (χ0n) is 15.7. The molecule has 3 aromatic rings. The smallest absolute Gasteiger partial charge is 0.391 e. The van der Waals surface area contributed by atoms with E-state index in [-0.39, 0.29) is 29.1 Å². The number of furan rings is 1. The number of amides is 1. The fourth-order valence-corrected chi connectivity index (χ4v) is 3.57. The van der Waals surface area contributed by atoms with Gasteiger partial charge < -0.3 is 24.3 Å². The molecule has 30 heavy (non-hydrogen) atoms. The van der Waals surface area contributed by atoms with Crippen molar-refractivity contribution in [2.24, 2.45) is 0 Å². The molecule has 0 radical (unpaired) electrons. The molecule has 0 atom stereocenters. The average Bonchev–Trinajstić information content (AvgIpc) is 3.18. The Hall–Kier alpha value is -2.71. The molecular formula is C20H17BrNO7P. The molecule has 1 amide bonds. The SMILES string of the molecule is CCOC(=O)c1ccc(-c2ccc(P(=O)(O)O)o2)c(C(=O)Nc2cccc(Br)c2)c1. The van der Waals surface area contributed by atoms with E-state index in [1.54, 1.807) is 31.2 Å². The summed E-state index contributed by atoms with van der Waals surface area (Å²) in [7, 11) is -4.60. The summed E-state index contributed by atoms with van der Waals surface area (Å²) in [4.78, 5) is 43.7. The van der Waals surface area contributed by atoms with Crippen molar-refractivity contribution < 1.29 is 33.1 Å². The second kappa shape index (κ2) is 8.97. The lowest BCUT2D eigenvalue weighted by atomic mass is 10.0. The van der Waals surface area contributed by atoms with Gasteiger partial charge in [-0.05, 0) is 55.5 Å². The summed E-state index contributed by atoms with van der Waals surface area (Å²) in [5.41, 5.74) is 0.478. The first kappa shape index (κ1) is 22.0. The zero-order chi connectivity index (χ0) is 21.9. The molecule has 0 unspecified atom stereocenters. The largest absolute Gasteiger partial charge is 0.462 e. The first-order valence-electron chi connectivity index (χ1n) is 8.73. The van der Waals surface area contributed by atoms with Crippen LogP contribution in [0, 0.1) is 0 Å². The molecular weight excluding hydrogens is 477 g/mol. The Bertz CT molecular complexity index is 1150. The lowest BCUT2D eigenvalue weighted by Gasteiger charge is -2.11. The van der Waals surface area contributed by atoms with E-state index in [2.05, 4.69) is 21.2 Å². The normalized spacial score (nSPS) is 11.2. The van der Waals surface area contributed by atoms with Crippen molar-refractivity contribution in [2.75, 3.05) is 11.9 Å². The lowest BCUT2D eigenvalue weighted by molar-refractivity contribution is 0.0526. The van der Waals surface area contributed by atoms with E-state index in [0.717, 1.165) is 10.5 Å². The minimum absolute atomic E-state index is 0.0723. The maximum Gasteiger partial charge on any atom is 0.391 e. The molecule has 10 heteroatoms. The Kier molecular flexibility index (Phi) is 6.58. The Morgan fingerprint density at radius 2 is 1.90 bits per heavy atom. The van der Waals surface area contributed by atoms with Crippen molar-refractivity contribution >= 4 is 46.6 Å². The zero-order valence-corrected chi connectivity index (χ0v) is 18.1. The van der Waals surface area contributed by atoms with Crippen LogP contribution in [0.3, 0.4) is 0 Å². The Morgan fingerprint density at radius 3 is 2.53 bits per heavy atom. The predicted octanol–water partition coefficient (Wildman–Crippen LogP) is 3.94. The standard InChI is InChI=1S/C20H17BrNO7P/c1-2-28-20(24)12-6-7-15(17-8-9-18(29-17)30(25,26)27)16(10-12)19(23)22-14-5-3-4-13(21)11-14/h3-11H,2H2,1H3,(H,22,23)(H2,25,26,27). The van der Waals surface area contributed by atoms with Gasteiger partial charge in [0.2, 0.25) is 5.50 Å². The van der Waals surface area contributed by atoms with Crippen LogP contribution in [-0.2, 0) is 9.30 Å². The van der Waals surface area contributed by atoms with Crippen LogP contribution in [0.1, 0.15) is 27.6 Å². The van der Waals surface area contributed by atoms with Crippen molar-refractivity contribution in [3.63, 3.8) is 0 Å². The van der Waals surface area contributed by atoms with E-state index in [9.17, 15) is 23.9 Å². The third-order valence-corrected chi connectivity index (χ3v) is 5.31. The van der Waals surface area contributed by atoms with Gasteiger partial charge in [0.25, 0.3) is 5.91 Å². The fourth-order valence-electron chi connectivity index (χ4n) is 2.68. The third kappa shape index (κ3) is 5.06. The van der Waals surface area contributed by atoms with Crippen molar-refractivity contribution in [3.8, 4) is 11.3 Å². The second-order valence-electron chi connectivity index (χ2n) is 6.13. The summed E-state index contributed by atoms with van der Waals surface area (Å²) in [6, 6.07) is 13.7. The van der Waals surface area contributed by atoms with Crippen LogP contribution in [0.15, 0.2) is 63.5 Å². The van der Waals surface area contributed by atoms with Gasteiger partial charge in [-0.15, -0.1) is 0 Å². The Balaban J connectivity index is 2.05. The number of hydrogen-bond acceptors (Lipinski definition) is 5. The number of esters is 1. The number of ether oxygens (including phenoxy) is 1. The van der Waals surface area contributed by atoms with Crippen LogP contribution in [0.5, 0.6) is 0 Å². The van der Waals surface area contributed by atoms with E-state index < -0.39 is 25.0 Å². The highest BCUT2D eigenvalue weighted by atomic mass is 79.9. The predicted molar refractivity (Wildman–Crippen MR) is 114 cm³/mol. The van der Waals surface area contributed by atoms with Gasteiger partial charge >= 0.3 is 13.6 Å². The highest BCUT2D eigenvalue weighted by Crippen LogP contribution is 2.36. The first-order chi connectivity index (χ1) is 14.2. The minimum atomic E-state index is -4.60. The lowest BCUT2D eigenvalue weighted by Crippen LogP contribution is -2.15. The van der Waals surface area contributed by atoms with Gasteiger partial charge in [0.05, 0.1) is 17.7 Å². The van der Waals surface area contributed by atoms with E-state index in [1.165, 1.54) is 24.3 Å². The summed E-state index contributed by atoms with van der Waals surface area (Å²) in [6.07, 6.45) is 0. The quantitative estimate of drug-likeness (QED) is 0.350. The average molecular weight is 494 g/mol. The molecule has 0 aliphatic carbocycles. The highest BCUT2D eigenvalue weighted by molar-refractivity contribution is 9.10. The molecule has 1 aromatic heterocycles. The summed E-state index contributed by atoms with van der Waals surface area (Å²) >= 11 is 3.33. The van der Waals surface area contributed by atoms with Crippen LogP contribution in [0.25, 0.3) is 11.3 Å². The van der Waals surface area contributed by atoms with E-state index in [0.29, 0.717) is 5.69 Å². The number of hydrogen-bond donors (Lipinski definition) is 3. The molecule has 0 saturated carbocycles. The third-order valence-electron chi connectivity index (χ3n) is 4.00. The highest BCUT2D eigenvalue weighted by Gasteiger charge is 2.24. The van der Waals surface area contributed by atoms with Crippen molar-refractivity contribution in [3.05, 3.63) is 70.2 Å². The van der Waals surface area contributed by atoms with E-state index in [1.807, 2.05) is 0 Å². The number of carbonyl (C=O) groups excluding carboxylic acids is 2. The van der Waals surface area contributed by atoms with Gasteiger partial charge in [-0.25, -0.2) is 4.79 Å². The van der Waals surface area contributed by atoms with E-state index >= 15 is 0 Å². The molecule has 156 valence electrons. The van der Waals surface area contributed by atoms with Gasteiger partial charge in [0.15, 0.2) is 0 Å². The molecule has 3 N–H and O–H groups in total. The van der Waals surface area contributed by atoms with Crippen LogP contribution < -0.4 is 10.8 Å². The Labute approximate surface area is 180 Å². The van der Waals surface area contributed by atoms with Crippen LogP contribution in [-0.4, -0.2) is 28.3 Å². The number of halogens is 1. The molecule has 2 aromatic carbocycles. The first-order valence-corrected chi connectivity index (χ1v) is 11.1. The van der Waals surface area contributed by atoms with Gasteiger partial charge in [0.1, 0.15) is 5.76 Å². The van der Waals surface area contributed by atoms with Crippen LogP contribution >= 0.6 is 23.5 Å². The molecule has 8 nitrogen and oxygen atoms in total. The maximum absolute atomic E-state index is 13.0. The Morgan fingerprint density at radius 1 is 1.13 bits per heavy atom. The van der Waals surface area contributed by atoms with Crippen molar-refractivity contribution in [2.45, 2.75) is 6.92 Å². The molecule has 0 spiro atoms. The van der Waals surface area contributed by atoms with Crippen LogP contribution in [0.2, 0.25) is 0 Å². The fraction of sp³-hybridized carbons (Fsp3) is 0.100. The van der Waals surface area contributed by atoms with Gasteiger partial charge in [-0.2, -0.15) is 0 Å². The summed E-state index contributed by atoms with van der Waals surface area (Å²) < 4.78 is 22.5. The summed E-state index contributed by atoms with van der Waals surface area (Å²) in [5.74, 6) is -1.07.